The average Bonchev–Trinajstić information content (AvgIpc) is 2.75. The molecule has 2 atom stereocenters. The molecule has 0 aliphatic carbocycles. The summed E-state index contributed by atoms with van der Waals surface area (Å²) >= 11 is 0. The van der Waals surface area contributed by atoms with Gasteiger partial charge in [0.05, 0.1) is 13.5 Å². The van der Waals surface area contributed by atoms with Gasteiger partial charge in [0.25, 0.3) is 0 Å². The van der Waals surface area contributed by atoms with Gasteiger partial charge >= 0.3 is 5.97 Å². The summed E-state index contributed by atoms with van der Waals surface area (Å²) in [6.07, 6.45) is 3.06. The van der Waals surface area contributed by atoms with E-state index in [0.717, 1.165) is 13.1 Å². The molecule has 0 aromatic heterocycles. The standard InChI is InChI=1S/C13H26N2O2/c1-5-15-8-6-7-12(15)10-14(3)11(2)9-13(16)17-4/h11-12H,5-10H2,1-4H3. The molecule has 100 valence electrons. The van der Waals surface area contributed by atoms with Crippen molar-refractivity contribution in [2.24, 2.45) is 0 Å². The number of methoxy groups -OCH3 is 1. The maximum Gasteiger partial charge on any atom is 0.307 e. The van der Waals surface area contributed by atoms with E-state index in [4.69, 9.17) is 4.74 Å². The molecule has 1 aliphatic heterocycles. The summed E-state index contributed by atoms with van der Waals surface area (Å²) in [6, 6.07) is 0.909. The van der Waals surface area contributed by atoms with E-state index in [0.29, 0.717) is 12.5 Å². The predicted octanol–water partition coefficient (Wildman–Crippen LogP) is 1.35. The van der Waals surface area contributed by atoms with Crippen molar-refractivity contribution >= 4 is 5.97 Å². The van der Waals surface area contributed by atoms with Crippen LogP contribution in [0, 0.1) is 0 Å². The van der Waals surface area contributed by atoms with E-state index in [1.807, 2.05) is 0 Å². The van der Waals surface area contributed by atoms with Crippen molar-refractivity contribution in [2.45, 2.75) is 45.2 Å². The maximum atomic E-state index is 11.2. The SMILES string of the molecule is CCN1CCCC1CN(C)C(C)CC(=O)OC. The van der Waals surface area contributed by atoms with Crippen molar-refractivity contribution in [3.63, 3.8) is 0 Å². The molecule has 1 saturated heterocycles. The lowest BCUT2D eigenvalue weighted by molar-refractivity contribution is -0.141. The highest BCUT2D eigenvalue weighted by atomic mass is 16.5. The number of carbonyl (C=O) groups excluding carboxylic acids is 1. The van der Waals surface area contributed by atoms with Crippen molar-refractivity contribution in [3.05, 3.63) is 0 Å². The Hall–Kier alpha value is -0.610. The molecule has 0 amide bonds. The monoisotopic (exact) mass is 242 g/mol. The highest BCUT2D eigenvalue weighted by molar-refractivity contribution is 5.69. The van der Waals surface area contributed by atoms with Crippen molar-refractivity contribution in [1.29, 1.82) is 0 Å². The highest BCUT2D eigenvalue weighted by Crippen LogP contribution is 2.18. The second-order valence-electron chi connectivity index (χ2n) is 4.99. The van der Waals surface area contributed by atoms with E-state index in [9.17, 15) is 4.79 Å². The molecule has 1 fully saturated rings. The molecular weight excluding hydrogens is 216 g/mol. The number of hydrogen-bond donors (Lipinski definition) is 0. The molecule has 0 saturated carbocycles. The number of nitrogens with zero attached hydrogens (tertiary/aromatic N) is 2. The summed E-state index contributed by atoms with van der Waals surface area (Å²) in [4.78, 5) is 16.0. The van der Waals surface area contributed by atoms with Crippen LogP contribution in [0.5, 0.6) is 0 Å². The van der Waals surface area contributed by atoms with Gasteiger partial charge in [-0.25, -0.2) is 0 Å². The van der Waals surface area contributed by atoms with Crippen LogP contribution in [0.25, 0.3) is 0 Å². The third-order valence-electron chi connectivity index (χ3n) is 3.85. The first-order chi connectivity index (χ1) is 8.08. The highest BCUT2D eigenvalue weighted by Gasteiger charge is 2.25. The summed E-state index contributed by atoms with van der Waals surface area (Å²) in [7, 11) is 3.55. The molecular formula is C13H26N2O2. The zero-order valence-electron chi connectivity index (χ0n) is 11.6. The van der Waals surface area contributed by atoms with Crippen molar-refractivity contribution in [1.82, 2.24) is 9.80 Å². The summed E-state index contributed by atoms with van der Waals surface area (Å²) in [5, 5.41) is 0. The topological polar surface area (TPSA) is 32.8 Å². The lowest BCUT2D eigenvalue weighted by Crippen LogP contribution is -2.42. The minimum atomic E-state index is -0.122. The minimum Gasteiger partial charge on any atom is -0.469 e. The van der Waals surface area contributed by atoms with Crippen LogP contribution in [0.15, 0.2) is 0 Å². The third-order valence-corrected chi connectivity index (χ3v) is 3.85. The molecule has 1 heterocycles. The van der Waals surface area contributed by atoms with Crippen LogP contribution in [0.1, 0.15) is 33.1 Å². The van der Waals surface area contributed by atoms with Crippen molar-refractivity contribution in [2.75, 3.05) is 33.8 Å². The molecule has 17 heavy (non-hydrogen) atoms. The molecule has 2 unspecified atom stereocenters. The molecule has 1 rings (SSSR count). The largest absolute Gasteiger partial charge is 0.469 e. The number of hydrogen-bond acceptors (Lipinski definition) is 4. The van der Waals surface area contributed by atoms with E-state index in [1.165, 1.54) is 26.5 Å². The average molecular weight is 242 g/mol. The van der Waals surface area contributed by atoms with Crippen LogP contribution in [0.4, 0.5) is 0 Å². The smallest absolute Gasteiger partial charge is 0.307 e. The van der Waals surface area contributed by atoms with Crippen molar-refractivity contribution in [3.8, 4) is 0 Å². The Labute approximate surface area is 105 Å². The zero-order valence-corrected chi connectivity index (χ0v) is 11.6. The van der Waals surface area contributed by atoms with Gasteiger partial charge in [0.2, 0.25) is 0 Å². The van der Waals surface area contributed by atoms with E-state index >= 15 is 0 Å². The molecule has 0 aromatic carbocycles. The second-order valence-corrected chi connectivity index (χ2v) is 4.99. The maximum absolute atomic E-state index is 11.2. The van der Waals surface area contributed by atoms with Crippen LogP contribution >= 0.6 is 0 Å². The van der Waals surface area contributed by atoms with Crippen LogP contribution < -0.4 is 0 Å². The Bertz CT molecular complexity index is 246. The molecule has 4 heteroatoms. The first-order valence-electron chi connectivity index (χ1n) is 6.59. The zero-order chi connectivity index (χ0) is 12.8. The normalized spacial score (nSPS) is 23.0. The fourth-order valence-corrected chi connectivity index (χ4v) is 2.51. The van der Waals surface area contributed by atoms with Gasteiger partial charge in [0, 0.05) is 18.6 Å². The lowest BCUT2D eigenvalue weighted by atomic mass is 10.1. The molecule has 1 aliphatic rings. The number of esters is 1. The van der Waals surface area contributed by atoms with Gasteiger partial charge in [-0.1, -0.05) is 6.92 Å². The number of likely N-dealkylation sites (N-methyl/N-ethyl adjacent to an activating group) is 2. The van der Waals surface area contributed by atoms with Crippen LogP contribution in [-0.4, -0.2) is 61.6 Å². The van der Waals surface area contributed by atoms with E-state index < -0.39 is 0 Å². The van der Waals surface area contributed by atoms with Gasteiger partial charge in [-0.2, -0.15) is 0 Å². The summed E-state index contributed by atoms with van der Waals surface area (Å²) in [5.41, 5.74) is 0. The molecule has 0 bridgehead atoms. The van der Waals surface area contributed by atoms with Gasteiger partial charge in [-0.05, 0) is 39.9 Å². The summed E-state index contributed by atoms with van der Waals surface area (Å²) in [5.74, 6) is -0.122. The van der Waals surface area contributed by atoms with Gasteiger partial charge in [0.1, 0.15) is 0 Å². The summed E-state index contributed by atoms with van der Waals surface area (Å²) in [6.45, 7) is 7.70. The minimum absolute atomic E-state index is 0.122. The molecule has 4 nitrogen and oxygen atoms in total. The van der Waals surface area contributed by atoms with Gasteiger partial charge in [-0.15, -0.1) is 0 Å². The predicted molar refractivity (Wildman–Crippen MR) is 69.0 cm³/mol. The Morgan fingerprint density at radius 1 is 1.59 bits per heavy atom. The first kappa shape index (κ1) is 14.5. The number of likely N-dealkylation sites (tertiary alicyclic amines) is 1. The summed E-state index contributed by atoms with van der Waals surface area (Å²) < 4.78 is 4.71. The number of rotatable bonds is 6. The van der Waals surface area contributed by atoms with Crippen molar-refractivity contribution < 1.29 is 9.53 Å². The quantitative estimate of drug-likeness (QED) is 0.658. The van der Waals surface area contributed by atoms with E-state index in [-0.39, 0.29) is 12.0 Å². The van der Waals surface area contributed by atoms with Gasteiger partial charge in [0.15, 0.2) is 0 Å². The Kier molecular flexibility index (Phi) is 5.92. The van der Waals surface area contributed by atoms with E-state index in [2.05, 4.69) is 30.7 Å². The molecule has 0 N–H and O–H groups in total. The fraction of sp³-hybridized carbons (Fsp3) is 0.923. The van der Waals surface area contributed by atoms with Gasteiger partial charge in [-0.3, -0.25) is 9.69 Å². The first-order valence-corrected chi connectivity index (χ1v) is 6.59. The second kappa shape index (κ2) is 6.97. The molecule has 0 radical (unpaired) electrons. The fourth-order valence-electron chi connectivity index (χ4n) is 2.51. The van der Waals surface area contributed by atoms with Gasteiger partial charge < -0.3 is 9.64 Å². The van der Waals surface area contributed by atoms with Crippen LogP contribution in [-0.2, 0) is 9.53 Å². The Morgan fingerprint density at radius 3 is 2.88 bits per heavy atom. The van der Waals surface area contributed by atoms with Crippen LogP contribution in [0.2, 0.25) is 0 Å². The molecule has 0 aromatic rings. The Morgan fingerprint density at radius 2 is 2.29 bits per heavy atom. The van der Waals surface area contributed by atoms with E-state index in [1.54, 1.807) is 0 Å². The lowest BCUT2D eigenvalue weighted by Gasteiger charge is -2.31. The number of carbonyl (C=O) groups is 1. The number of ether oxygens (including phenoxy) is 1. The third kappa shape index (κ3) is 4.28. The molecule has 0 spiro atoms. The Balaban J connectivity index is 2.37. The van der Waals surface area contributed by atoms with Crippen LogP contribution in [0.3, 0.4) is 0 Å².